The lowest BCUT2D eigenvalue weighted by atomic mass is 10.2. The normalized spacial score (nSPS) is 13.6. The van der Waals surface area contributed by atoms with Gasteiger partial charge in [-0.1, -0.05) is 12.1 Å². The number of benzene rings is 1. The zero-order valence-electron chi connectivity index (χ0n) is 11.9. The Morgan fingerprint density at radius 3 is 2.57 bits per heavy atom. The van der Waals surface area contributed by atoms with Crippen LogP contribution in [0.5, 0.6) is 5.75 Å². The lowest BCUT2D eigenvalue weighted by molar-refractivity contribution is -0.274. The summed E-state index contributed by atoms with van der Waals surface area (Å²) in [5, 5.41) is 0. The molecule has 1 aromatic carbocycles. The molecule has 23 heavy (non-hydrogen) atoms. The van der Waals surface area contributed by atoms with Gasteiger partial charge in [-0.25, -0.2) is 13.1 Å². The van der Waals surface area contributed by atoms with Crippen molar-refractivity contribution in [2.75, 3.05) is 0 Å². The van der Waals surface area contributed by atoms with E-state index in [1.165, 1.54) is 18.3 Å². The van der Waals surface area contributed by atoms with Gasteiger partial charge in [0, 0.05) is 24.5 Å². The first-order chi connectivity index (χ1) is 10.7. The number of nitrogens with one attached hydrogen (secondary N) is 1. The van der Waals surface area contributed by atoms with Crippen molar-refractivity contribution in [2.45, 2.75) is 24.2 Å². The molecule has 5 nitrogen and oxygen atoms in total. The van der Waals surface area contributed by atoms with Crippen molar-refractivity contribution in [1.82, 2.24) is 9.71 Å². The smallest absolute Gasteiger partial charge is 0.406 e. The highest BCUT2D eigenvalue weighted by Crippen LogP contribution is 2.25. The molecule has 0 unspecified atom stereocenters. The van der Waals surface area contributed by atoms with E-state index in [0.717, 1.165) is 12.1 Å². The summed E-state index contributed by atoms with van der Waals surface area (Å²) < 4.78 is 67.3. The molecule has 0 aliphatic heterocycles. The average Bonchev–Trinajstić information content (AvgIpc) is 2.46. The average molecular weight is 346 g/mol. The number of hydrogen-bond acceptors (Lipinski definition) is 4. The number of ether oxygens (including phenoxy) is 1. The molecule has 9 heteroatoms. The second kappa shape index (κ2) is 6.55. The van der Waals surface area contributed by atoms with Crippen LogP contribution in [-0.4, -0.2) is 19.8 Å². The number of rotatable bonds is 5. The lowest BCUT2D eigenvalue weighted by Crippen LogP contribution is -2.27. The molecule has 1 N–H and O–H groups in total. The van der Waals surface area contributed by atoms with Crippen molar-refractivity contribution < 1.29 is 26.3 Å². The van der Waals surface area contributed by atoms with Gasteiger partial charge >= 0.3 is 6.36 Å². The molecular weight excluding hydrogens is 333 g/mol. The Morgan fingerprint density at radius 2 is 1.96 bits per heavy atom. The highest BCUT2D eigenvalue weighted by molar-refractivity contribution is 7.89. The minimum absolute atomic E-state index is 0.324. The van der Waals surface area contributed by atoms with Crippen molar-refractivity contribution in [1.29, 1.82) is 0 Å². The highest BCUT2D eigenvalue weighted by Gasteiger charge is 2.31. The molecule has 1 aromatic heterocycles. The van der Waals surface area contributed by atoms with Crippen LogP contribution in [0.1, 0.15) is 18.5 Å². The van der Waals surface area contributed by atoms with Crippen LogP contribution in [-0.2, 0) is 10.0 Å². The van der Waals surface area contributed by atoms with Crippen molar-refractivity contribution in [2.24, 2.45) is 0 Å². The fraction of sp³-hybridized carbons (Fsp3) is 0.214. The van der Waals surface area contributed by atoms with E-state index in [1.54, 1.807) is 25.3 Å². The van der Waals surface area contributed by atoms with Gasteiger partial charge in [-0.05, 0) is 30.7 Å². The summed E-state index contributed by atoms with van der Waals surface area (Å²) in [4.78, 5) is 3.56. The first kappa shape index (κ1) is 17.2. The summed E-state index contributed by atoms with van der Waals surface area (Å²) in [6, 6.07) is 6.93. The number of hydrogen-bond donors (Lipinski definition) is 1. The van der Waals surface area contributed by atoms with E-state index in [0.29, 0.717) is 5.56 Å². The van der Waals surface area contributed by atoms with Crippen LogP contribution in [0.3, 0.4) is 0 Å². The van der Waals surface area contributed by atoms with Crippen LogP contribution in [0.15, 0.2) is 53.7 Å². The quantitative estimate of drug-likeness (QED) is 0.904. The SMILES string of the molecule is C[C@H](NS(=O)(=O)c1cccc(OC(F)(F)F)c1)c1cccnc1. The number of halogens is 3. The predicted octanol–water partition coefficient (Wildman–Crippen LogP) is 3.02. The first-order valence-electron chi connectivity index (χ1n) is 6.45. The van der Waals surface area contributed by atoms with Crippen LogP contribution >= 0.6 is 0 Å². The molecular formula is C14H13F3N2O3S. The Morgan fingerprint density at radius 1 is 1.22 bits per heavy atom. The molecule has 2 rings (SSSR count). The van der Waals surface area contributed by atoms with Crippen LogP contribution in [0.2, 0.25) is 0 Å². The highest BCUT2D eigenvalue weighted by atomic mass is 32.2. The monoisotopic (exact) mass is 346 g/mol. The van der Waals surface area contributed by atoms with Crippen molar-refractivity contribution in [3.8, 4) is 5.75 Å². The molecule has 0 saturated carbocycles. The topological polar surface area (TPSA) is 68.3 Å². The molecule has 1 heterocycles. The van der Waals surface area contributed by atoms with Gasteiger partial charge in [0.15, 0.2) is 0 Å². The Kier molecular flexibility index (Phi) is 4.90. The molecule has 0 radical (unpaired) electrons. The van der Waals surface area contributed by atoms with E-state index in [4.69, 9.17) is 0 Å². The fourth-order valence-electron chi connectivity index (χ4n) is 1.84. The third-order valence-corrected chi connectivity index (χ3v) is 4.40. The van der Waals surface area contributed by atoms with Crippen LogP contribution in [0.25, 0.3) is 0 Å². The van der Waals surface area contributed by atoms with E-state index in [9.17, 15) is 21.6 Å². The van der Waals surface area contributed by atoms with Gasteiger partial charge < -0.3 is 4.74 Å². The van der Waals surface area contributed by atoms with Crippen molar-refractivity contribution in [3.05, 3.63) is 54.4 Å². The van der Waals surface area contributed by atoms with Gasteiger partial charge in [0.1, 0.15) is 5.75 Å². The third-order valence-electron chi connectivity index (χ3n) is 2.87. The van der Waals surface area contributed by atoms with E-state index < -0.39 is 28.2 Å². The van der Waals surface area contributed by atoms with E-state index in [-0.39, 0.29) is 4.90 Å². The number of pyridine rings is 1. The third kappa shape index (κ3) is 4.93. The molecule has 0 aliphatic rings. The second-order valence-electron chi connectivity index (χ2n) is 4.65. The number of aromatic nitrogens is 1. The number of sulfonamides is 1. The molecule has 0 fully saturated rings. The summed E-state index contributed by atoms with van der Waals surface area (Å²) in [7, 11) is -4.01. The van der Waals surface area contributed by atoms with Gasteiger partial charge in [-0.15, -0.1) is 13.2 Å². The van der Waals surface area contributed by atoms with Crippen molar-refractivity contribution >= 4 is 10.0 Å². The van der Waals surface area contributed by atoms with Gasteiger partial charge in [0.25, 0.3) is 0 Å². The number of nitrogens with zero attached hydrogens (tertiary/aromatic N) is 1. The van der Waals surface area contributed by atoms with Gasteiger partial charge in [-0.2, -0.15) is 0 Å². The fourth-order valence-corrected chi connectivity index (χ4v) is 3.11. The molecule has 2 aromatic rings. The Balaban J connectivity index is 2.21. The zero-order chi connectivity index (χ0) is 17.1. The van der Waals surface area contributed by atoms with Gasteiger partial charge in [-0.3, -0.25) is 4.98 Å². The van der Waals surface area contributed by atoms with E-state index >= 15 is 0 Å². The summed E-state index contributed by atoms with van der Waals surface area (Å²) in [6.07, 6.45) is -1.85. The van der Waals surface area contributed by atoms with Crippen LogP contribution in [0, 0.1) is 0 Å². The minimum atomic E-state index is -4.89. The molecule has 124 valence electrons. The zero-order valence-corrected chi connectivity index (χ0v) is 12.7. The molecule has 1 atom stereocenters. The molecule has 0 saturated heterocycles. The maximum atomic E-state index is 12.3. The Labute approximate surface area is 131 Å². The molecule has 0 bridgehead atoms. The first-order valence-corrected chi connectivity index (χ1v) is 7.94. The molecule has 0 amide bonds. The van der Waals surface area contributed by atoms with Crippen molar-refractivity contribution in [3.63, 3.8) is 0 Å². The maximum Gasteiger partial charge on any atom is 0.573 e. The predicted molar refractivity (Wildman–Crippen MR) is 76.1 cm³/mol. The number of alkyl halides is 3. The van der Waals surface area contributed by atoms with Gasteiger partial charge in [0.2, 0.25) is 10.0 Å². The van der Waals surface area contributed by atoms with Gasteiger partial charge in [0.05, 0.1) is 4.90 Å². The Hall–Kier alpha value is -2.13. The maximum absolute atomic E-state index is 12.3. The second-order valence-corrected chi connectivity index (χ2v) is 6.37. The minimum Gasteiger partial charge on any atom is -0.406 e. The Bertz CT molecular complexity index is 764. The van der Waals surface area contributed by atoms with Crippen LogP contribution < -0.4 is 9.46 Å². The van der Waals surface area contributed by atoms with Crippen LogP contribution in [0.4, 0.5) is 13.2 Å². The summed E-state index contributed by atoms with van der Waals surface area (Å²) >= 11 is 0. The van der Waals surface area contributed by atoms with E-state index in [1.807, 2.05) is 0 Å². The summed E-state index contributed by atoms with van der Waals surface area (Å²) in [5.74, 6) is -0.602. The molecule has 0 aliphatic carbocycles. The van der Waals surface area contributed by atoms with E-state index in [2.05, 4.69) is 14.4 Å². The lowest BCUT2D eigenvalue weighted by Gasteiger charge is -2.15. The summed E-state index contributed by atoms with van der Waals surface area (Å²) in [6.45, 7) is 1.60. The molecule has 0 spiro atoms. The summed E-state index contributed by atoms with van der Waals surface area (Å²) in [5.41, 5.74) is 0.624. The standard InChI is InChI=1S/C14H13F3N2O3S/c1-10(11-4-3-7-18-9-11)19-23(20,21)13-6-2-5-12(8-13)22-14(15,16)17/h2-10,19H,1H3/t10-/m0/s1. The largest absolute Gasteiger partial charge is 0.573 e.